The Morgan fingerprint density at radius 2 is 1.80 bits per heavy atom. The van der Waals surface area contributed by atoms with Gasteiger partial charge in [0.25, 0.3) is 0 Å². The van der Waals surface area contributed by atoms with Gasteiger partial charge in [0.1, 0.15) is 0 Å². The molecule has 136 valence electrons. The molecule has 1 amide bonds. The number of rotatable bonds is 2. The third kappa shape index (κ3) is 3.34. The van der Waals surface area contributed by atoms with Gasteiger partial charge in [0.2, 0.25) is 5.91 Å². The van der Waals surface area contributed by atoms with Gasteiger partial charge >= 0.3 is 0 Å². The molecule has 3 aliphatic heterocycles. The molecule has 4 rings (SSSR count). The molecule has 1 aromatic carbocycles. The van der Waals surface area contributed by atoms with Gasteiger partial charge < -0.3 is 14.5 Å². The number of fused-ring (bicyclic) bond motifs is 1. The van der Waals surface area contributed by atoms with Crippen molar-refractivity contribution in [3.63, 3.8) is 0 Å². The van der Waals surface area contributed by atoms with E-state index in [4.69, 9.17) is 4.74 Å². The van der Waals surface area contributed by atoms with Gasteiger partial charge in [-0.05, 0) is 51.3 Å². The summed E-state index contributed by atoms with van der Waals surface area (Å²) in [6.07, 6.45) is 6.45. The molecule has 4 nitrogen and oxygen atoms in total. The molecule has 0 radical (unpaired) electrons. The summed E-state index contributed by atoms with van der Waals surface area (Å²) in [4.78, 5) is 18.3. The zero-order chi connectivity index (χ0) is 17.2. The largest absolute Gasteiger partial charge is 0.381 e. The Kier molecular flexibility index (Phi) is 5.09. The predicted molar refractivity (Wildman–Crippen MR) is 98.2 cm³/mol. The van der Waals surface area contributed by atoms with E-state index in [0.29, 0.717) is 18.0 Å². The third-order valence-electron chi connectivity index (χ3n) is 6.44. The lowest BCUT2D eigenvalue weighted by Crippen LogP contribution is -2.47. The smallest absolute Gasteiger partial charge is 0.226 e. The molecular weight excluding hydrogens is 312 g/mol. The van der Waals surface area contributed by atoms with Crippen LogP contribution in [0.25, 0.3) is 0 Å². The van der Waals surface area contributed by atoms with Gasteiger partial charge in [0.15, 0.2) is 0 Å². The highest BCUT2D eigenvalue weighted by Crippen LogP contribution is 2.43. The van der Waals surface area contributed by atoms with Crippen molar-refractivity contribution in [3.05, 3.63) is 35.9 Å². The number of carbonyl (C=O) groups is 1. The summed E-state index contributed by atoms with van der Waals surface area (Å²) in [6.45, 7) is 2.62. The lowest BCUT2D eigenvalue weighted by Gasteiger charge is -2.36. The molecule has 25 heavy (non-hydrogen) atoms. The SMILES string of the molecule is CN1CCCC[C@H]2[C@H]1C[C@@H](c1ccccc1)N2C(=O)C1CCOCC1. The number of nitrogens with zero attached hydrogens (tertiary/aromatic N) is 2. The standard InChI is InChI=1S/C21H30N2O2/c1-22-12-6-5-9-18-20(22)15-19(16-7-3-2-4-8-16)23(18)21(24)17-10-13-25-14-11-17/h2-4,7-8,17-20H,5-6,9-15H2,1H3/t18-,19-,20+/m0/s1. The summed E-state index contributed by atoms with van der Waals surface area (Å²) >= 11 is 0. The lowest BCUT2D eigenvalue weighted by atomic mass is 9.96. The minimum Gasteiger partial charge on any atom is -0.381 e. The van der Waals surface area contributed by atoms with Crippen LogP contribution in [0.2, 0.25) is 0 Å². The first-order valence-electron chi connectivity index (χ1n) is 9.91. The van der Waals surface area contributed by atoms with Crippen LogP contribution in [0.5, 0.6) is 0 Å². The summed E-state index contributed by atoms with van der Waals surface area (Å²) in [5.74, 6) is 0.521. The van der Waals surface area contributed by atoms with E-state index in [1.165, 1.54) is 18.4 Å². The highest BCUT2D eigenvalue weighted by Gasteiger charge is 2.47. The molecule has 4 heteroatoms. The first kappa shape index (κ1) is 17.0. The normalized spacial score (nSPS) is 31.6. The minimum atomic E-state index is 0.146. The second-order valence-electron chi connectivity index (χ2n) is 7.91. The van der Waals surface area contributed by atoms with Crippen LogP contribution in [0.3, 0.4) is 0 Å². The molecule has 0 aliphatic carbocycles. The van der Waals surface area contributed by atoms with Crippen LogP contribution in [0.1, 0.15) is 50.1 Å². The maximum atomic E-state index is 13.5. The van der Waals surface area contributed by atoms with Crippen LogP contribution in [-0.2, 0) is 9.53 Å². The fourth-order valence-corrected chi connectivity index (χ4v) is 5.05. The van der Waals surface area contributed by atoms with Crippen molar-refractivity contribution in [2.45, 2.75) is 56.7 Å². The topological polar surface area (TPSA) is 32.8 Å². The molecule has 0 unspecified atom stereocenters. The number of amides is 1. The highest BCUT2D eigenvalue weighted by molar-refractivity contribution is 5.80. The van der Waals surface area contributed by atoms with Crippen molar-refractivity contribution < 1.29 is 9.53 Å². The molecule has 0 bridgehead atoms. The fraction of sp³-hybridized carbons (Fsp3) is 0.667. The van der Waals surface area contributed by atoms with Gasteiger partial charge in [-0.1, -0.05) is 36.8 Å². The van der Waals surface area contributed by atoms with E-state index in [9.17, 15) is 4.79 Å². The summed E-state index contributed by atoms with van der Waals surface area (Å²) in [6, 6.07) is 11.7. The fourth-order valence-electron chi connectivity index (χ4n) is 5.05. The van der Waals surface area contributed by atoms with E-state index in [0.717, 1.165) is 45.4 Å². The summed E-state index contributed by atoms with van der Waals surface area (Å²) < 4.78 is 5.49. The third-order valence-corrected chi connectivity index (χ3v) is 6.44. The predicted octanol–water partition coefficient (Wildman–Crippen LogP) is 3.24. The molecule has 0 spiro atoms. The molecule has 0 saturated carbocycles. The molecule has 3 atom stereocenters. The Labute approximate surface area is 151 Å². The Morgan fingerprint density at radius 3 is 2.56 bits per heavy atom. The van der Waals surface area contributed by atoms with Crippen molar-refractivity contribution >= 4 is 5.91 Å². The Morgan fingerprint density at radius 1 is 1.04 bits per heavy atom. The second-order valence-corrected chi connectivity index (χ2v) is 7.91. The van der Waals surface area contributed by atoms with Crippen molar-refractivity contribution in [3.8, 4) is 0 Å². The van der Waals surface area contributed by atoms with Crippen LogP contribution in [0.15, 0.2) is 30.3 Å². The van der Waals surface area contributed by atoms with E-state index in [-0.39, 0.29) is 12.0 Å². The van der Waals surface area contributed by atoms with Gasteiger partial charge in [-0.3, -0.25) is 4.79 Å². The monoisotopic (exact) mass is 342 g/mol. The maximum absolute atomic E-state index is 13.5. The van der Waals surface area contributed by atoms with Gasteiger partial charge in [0.05, 0.1) is 6.04 Å². The Hall–Kier alpha value is -1.39. The van der Waals surface area contributed by atoms with Crippen LogP contribution in [-0.4, -0.2) is 54.6 Å². The van der Waals surface area contributed by atoms with E-state index in [1.54, 1.807) is 0 Å². The zero-order valence-electron chi connectivity index (χ0n) is 15.3. The average Bonchev–Trinajstić information content (AvgIpc) is 2.96. The first-order valence-corrected chi connectivity index (χ1v) is 9.91. The van der Waals surface area contributed by atoms with Gasteiger partial charge in [-0.2, -0.15) is 0 Å². The van der Waals surface area contributed by atoms with Gasteiger partial charge in [-0.15, -0.1) is 0 Å². The van der Waals surface area contributed by atoms with Crippen LogP contribution >= 0.6 is 0 Å². The quantitative estimate of drug-likeness (QED) is 0.827. The van der Waals surface area contributed by atoms with Crippen molar-refractivity contribution in [2.24, 2.45) is 5.92 Å². The van der Waals surface area contributed by atoms with Crippen molar-refractivity contribution in [1.29, 1.82) is 0 Å². The summed E-state index contributed by atoms with van der Waals surface area (Å²) in [5.41, 5.74) is 1.30. The molecular formula is C21H30N2O2. The van der Waals surface area contributed by atoms with E-state index in [1.807, 2.05) is 0 Å². The molecule has 3 fully saturated rings. The highest BCUT2D eigenvalue weighted by atomic mass is 16.5. The molecule has 3 saturated heterocycles. The number of carbonyl (C=O) groups excluding carboxylic acids is 1. The Balaban J connectivity index is 1.65. The number of likely N-dealkylation sites (tertiary alicyclic amines) is 2. The van der Waals surface area contributed by atoms with Gasteiger partial charge in [-0.25, -0.2) is 0 Å². The van der Waals surface area contributed by atoms with Crippen molar-refractivity contribution in [2.75, 3.05) is 26.8 Å². The summed E-state index contributed by atoms with van der Waals surface area (Å²) in [7, 11) is 2.24. The number of likely N-dealkylation sites (N-methyl/N-ethyl adjacent to an activating group) is 1. The molecule has 1 aromatic rings. The summed E-state index contributed by atoms with van der Waals surface area (Å²) in [5, 5.41) is 0. The first-order chi connectivity index (χ1) is 12.3. The number of benzene rings is 1. The number of hydrogen-bond donors (Lipinski definition) is 0. The van der Waals surface area contributed by atoms with E-state index >= 15 is 0 Å². The molecule has 3 aliphatic rings. The number of ether oxygens (including phenoxy) is 1. The van der Waals surface area contributed by atoms with Crippen molar-refractivity contribution in [1.82, 2.24) is 9.80 Å². The van der Waals surface area contributed by atoms with E-state index in [2.05, 4.69) is 47.2 Å². The second kappa shape index (κ2) is 7.46. The number of hydrogen-bond acceptors (Lipinski definition) is 3. The average molecular weight is 342 g/mol. The molecule has 0 N–H and O–H groups in total. The molecule has 0 aromatic heterocycles. The minimum absolute atomic E-state index is 0.146. The van der Waals surface area contributed by atoms with Gasteiger partial charge in [0, 0.05) is 31.2 Å². The van der Waals surface area contributed by atoms with Crippen LogP contribution in [0.4, 0.5) is 0 Å². The lowest BCUT2D eigenvalue weighted by molar-refractivity contribution is -0.142. The maximum Gasteiger partial charge on any atom is 0.226 e. The Bertz CT molecular complexity index is 585. The molecule has 3 heterocycles. The van der Waals surface area contributed by atoms with E-state index < -0.39 is 0 Å². The zero-order valence-corrected chi connectivity index (χ0v) is 15.3. The van der Waals surface area contributed by atoms with Crippen LogP contribution < -0.4 is 0 Å². The van der Waals surface area contributed by atoms with Crippen LogP contribution in [0, 0.1) is 5.92 Å².